The molecule has 0 fully saturated rings. The maximum absolute atomic E-state index is 10.3. The van der Waals surface area contributed by atoms with Crippen molar-refractivity contribution in [3.05, 3.63) is 27.8 Å². The van der Waals surface area contributed by atoms with Crippen molar-refractivity contribution in [2.75, 3.05) is 0 Å². The standard InChI is InChI=1S/C16H26O/c1-9(2)13-10(3)14(16(6,7)8)12(5)15(17)11(13)4/h9,17H,1-8H3. The Morgan fingerprint density at radius 3 is 1.71 bits per heavy atom. The van der Waals surface area contributed by atoms with E-state index in [1.807, 2.05) is 13.8 Å². The molecule has 0 aromatic heterocycles. The van der Waals surface area contributed by atoms with E-state index in [2.05, 4.69) is 41.5 Å². The quantitative estimate of drug-likeness (QED) is 0.744. The van der Waals surface area contributed by atoms with E-state index < -0.39 is 0 Å². The minimum Gasteiger partial charge on any atom is -0.507 e. The van der Waals surface area contributed by atoms with Gasteiger partial charge in [0.25, 0.3) is 0 Å². The number of hydrogen-bond acceptors (Lipinski definition) is 1. The van der Waals surface area contributed by atoms with E-state index in [0.29, 0.717) is 11.7 Å². The van der Waals surface area contributed by atoms with Crippen LogP contribution in [0.5, 0.6) is 5.75 Å². The highest BCUT2D eigenvalue weighted by Gasteiger charge is 2.25. The highest BCUT2D eigenvalue weighted by atomic mass is 16.3. The van der Waals surface area contributed by atoms with Gasteiger partial charge in [0.2, 0.25) is 0 Å². The predicted molar refractivity (Wildman–Crippen MR) is 75.1 cm³/mol. The third-order valence-electron chi connectivity index (χ3n) is 3.60. The van der Waals surface area contributed by atoms with Crippen molar-refractivity contribution in [1.82, 2.24) is 0 Å². The lowest BCUT2D eigenvalue weighted by Crippen LogP contribution is -2.17. The van der Waals surface area contributed by atoms with E-state index in [9.17, 15) is 5.11 Å². The smallest absolute Gasteiger partial charge is 0.121 e. The van der Waals surface area contributed by atoms with Crippen molar-refractivity contribution in [2.45, 2.75) is 66.7 Å². The van der Waals surface area contributed by atoms with Crippen LogP contribution in [0.25, 0.3) is 0 Å². The molecule has 1 heteroatoms. The zero-order valence-electron chi connectivity index (χ0n) is 12.5. The van der Waals surface area contributed by atoms with E-state index in [1.165, 1.54) is 16.7 Å². The Kier molecular flexibility index (Phi) is 3.61. The van der Waals surface area contributed by atoms with Crippen LogP contribution in [0.3, 0.4) is 0 Å². The van der Waals surface area contributed by atoms with Gasteiger partial charge in [-0.3, -0.25) is 0 Å². The van der Waals surface area contributed by atoms with Crippen LogP contribution in [0.15, 0.2) is 0 Å². The molecule has 0 unspecified atom stereocenters. The average Bonchev–Trinajstić information content (AvgIpc) is 2.11. The first-order valence-electron chi connectivity index (χ1n) is 6.42. The molecule has 0 atom stereocenters. The minimum atomic E-state index is 0.0724. The molecular formula is C16H26O. The second-order valence-electron chi connectivity index (χ2n) is 6.42. The summed E-state index contributed by atoms with van der Waals surface area (Å²) in [5, 5.41) is 10.3. The Bertz CT molecular complexity index is 434. The first-order valence-corrected chi connectivity index (χ1v) is 6.42. The van der Waals surface area contributed by atoms with Crippen LogP contribution >= 0.6 is 0 Å². The molecule has 1 N–H and O–H groups in total. The topological polar surface area (TPSA) is 20.2 Å². The molecule has 0 amide bonds. The molecule has 0 aliphatic rings. The third-order valence-corrected chi connectivity index (χ3v) is 3.60. The van der Waals surface area contributed by atoms with Gasteiger partial charge in [-0.15, -0.1) is 0 Å². The van der Waals surface area contributed by atoms with E-state index in [4.69, 9.17) is 0 Å². The molecule has 0 saturated heterocycles. The summed E-state index contributed by atoms with van der Waals surface area (Å²) in [6.07, 6.45) is 0. The molecule has 0 bridgehead atoms. The summed E-state index contributed by atoms with van der Waals surface area (Å²) in [4.78, 5) is 0. The maximum atomic E-state index is 10.3. The number of rotatable bonds is 1. The Morgan fingerprint density at radius 1 is 0.882 bits per heavy atom. The van der Waals surface area contributed by atoms with Crippen molar-refractivity contribution in [1.29, 1.82) is 0 Å². The molecule has 0 heterocycles. The minimum absolute atomic E-state index is 0.0724. The highest BCUT2D eigenvalue weighted by Crippen LogP contribution is 2.40. The van der Waals surface area contributed by atoms with Crippen LogP contribution in [0.2, 0.25) is 0 Å². The van der Waals surface area contributed by atoms with E-state index >= 15 is 0 Å². The summed E-state index contributed by atoms with van der Waals surface area (Å²) in [5.74, 6) is 0.923. The summed E-state index contributed by atoms with van der Waals surface area (Å²) in [7, 11) is 0. The van der Waals surface area contributed by atoms with Gasteiger partial charge >= 0.3 is 0 Å². The number of hydrogen-bond donors (Lipinski definition) is 1. The first-order chi connectivity index (χ1) is 7.59. The van der Waals surface area contributed by atoms with E-state index in [0.717, 1.165) is 11.1 Å². The van der Waals surface area contributed by atoms with Crippen LogP contribution < -0.4 is 0 Å². The molecule has 0 spiro atoms. The fourth-order valence-electron chi connectivity index (χ4n) is 3.22. The Balaban J connectivity index is 3.75. The molecule has 0 saturated carbocycles. The van der Waals surface area contributed by atoms with E-state index in [-0.39, 0.29) is 5.41 Å². The highest BCUT2D eigenvalue weighted by molar-refractivity contribution is 5.56. The summed E-state index contributed by atoms with van der Waals surface area (Å²) >= 11 is 0. The molecule has 1 rings (SSSR count). The number of phenolic OH excluding ortho intramolecular Hbond substituents is 1. The Labute approximate surface area is 106 Å². The summed E-state index contributed by atoms with van der Waals surface area (Å²) in [6.45, 7) is 17.3. The van der Waals surface area contributed by atoms with Crippen LogP contribution in [-0.2, 0) is 5.41 Å². The number of aromatic hydroxyl groups is 1. The lowest BCUT2D eigenvalue weighted by Gasteiger charge is -2.29. The van der Waals surface area contributed by atoms with Crippen molar-refractivity contribution in [3.8, 4) is 5.75 Å². The van der Waals surface area contributed by atoms with Crippen molar-refractivity contribution in [3.63, 3.8) is 0 Å². The van der Waals surface area contributed by atoms with Gasteiger partial charge in [-0.05, 0) is 59.9 Å². The molecule has 96 valence electrons. The van der Waals surface area contributed by atoms with Crippen LogP contribution in [0, 0.1) is 20.8 Å². The first kappa shape index (κ1) is 14.1. The number of phenols is 1. The summed E-state index contributed by atoms with van der Waals surface area (Å²) in [6, 6.07) is 0. The Morgan fingerprint density at radius 2 is 1.35 bits per heavy atom. The van der Waals surface area contributed by atoms with Crippen molar-refractivity contribution >= 4 is 0 Å². The second kappa shape index (κ2) is 4.36. The molecule has 0 aliphatic heterocycles. The lowest BCUT2D eigenvalue weighted by molar-refractivity contribution is 0.458. The van der Waals surface area contributed by atoms with Gasteiger partial charge in [-0.1, -0.05) is 34.6 Å². The summed E-state index contributed by atoms with van der Waals surface area (Å²) in [5.41, 5.74) is 6.10. The SMILES string of the molecule is Cc1c(O)c(C)c(C(C)(C)C)c(C)c1C(C)C. The summed E-state index contributed by atoms with van der Waals surface area (Å²) < 4.78 is 0. The molecule has 1 nitrogen and oxygen atoms in total. The predicted octanol–water partition coefficient (Wildman–Crippen LogP) is 4.74. The van der Waals surface area contributed by atoms with E-state index in [1.54, 1.807) is 0 Å². The molecule has 17 heavy (non-hydrogen) atoms. The van der Waals surface area contributed by atoms with Gasteiger partial charge in [-0.25, -0.2) is 0 Å². The fraction of sp³-hybridized carbons (Fsp3) is 0.625. The molecule has 0 radical (unpaired) electrons. The van der Waals surface area contributed by atoms with Gasteiger partial charge < -0.3 is 5.11 Å². The molecule has 0 aliphatic carbocycles. The van der Waals surface area contributed by atoms with Crippen LogP contribution in [-0.4, -0.2) is 5.11 Å². The van der Waals surface area contributed by atoms with Gasteiger partial charge in [0.05, 0.1) is 0 Å². The maximum Gasteiger partial charge on any atom is 0.121 e. The zero-order valence-corrected chi connectivity index (χ0v) is 12.5. The fourth-order valence-corrected chi connectivity index (χ4v) is 3.22. The molecular weight excluding hydrogens is 208 g/mol. The molecule has 1 aromatic carbocycles. The van der Waals surface area contributed by atoms with Gasteiger partial charge in [0.1, 0.15) is 5.75 Å². The average molecular weight is 234 g/mol. The monoisotopic (exact) mass is 234 g/mol. The van der Waals surface area contributed by atoms with Crippen molar-refractivity contribution in [2.24, 2.45) is 0 Å². The van der Waals surface area contributed by atoms with Crippen LogP contribution in [0.1, 0.15) is 68.4 Å². The number of benzene rings is 1. The van der Waals surface area contributed by atoms with Crippen LogP contribution in [0.4, 0.5) is 0 Å². The lowest BCUT2D eigenvalue weighted by atomic mass is 9.76. The normalized spacial score (nSPS) is 12.3. The Hall–Kier alpha value is -0.980. The largest absolute Gasteiger partial charge is 0.507 e. The third kappa shape index (κ3) is 2.34. The second-order valence-corrected chi connectivity index (χ2v) is 6.42. The van der Waals surface area contributed by atoms with Crippen molar-refractivity contribution < 1.29 is 5.11 Å². The van der Waals surface area contributed by atoms with Gasteiger partial charge in [0.15, 0.2) is 0 Å². The zero-order chi connectivity index (χ0) is 13.5. The molecule has 1 aromatic rings. The van der Waals surface area contributed by atoms with Gasteiger partial charge in [-0.2, -0.15) is 0 Å². The van der Waals surface area contributed by atoms with Gasteiger partial charge in [0, 0.05) is 0 Å².